The summed E-state index contributed by atoms with van der Waals surface area (Å²) in [5.41, 5.74) is 7.29. The molecule has 98 valence electrons. The van der Waals surface area contributed by atoms with E-state index in [-0.39, 0.29) is 5.75 Å². The third-order valence-corrected chi connectivity index (χ3v) is 2.98. The molecule has 0 radical (unpaired) electrons. The zero-order valence-electron chi connectivity index (χ0n) is 10.1. The maximum Gasteiger partial charge on any atom is 0.250 e. The van der Waals surface area contributed by atoms with E-state index in [4.69, 9.17) is 17.3 Å². The van der Waals surface area contributed by atoms with Gasteiger partial charge in [0.25, 0.3) is 0 Å². The second kappa shape index (κ2) is 5.63. The molecule has 4 N–H and O–H groups in total. The molecule has 1 amide bonds. The van der Waals surface area contributed by atoms with Crippen LogP contribution < -0.4 is 11.1 Å². The molecule has 4 nitrogen and oxygen atoms in total. The van der Waals surface area contributed by atoms with E-state index in [1.807, 2.05) is 12.1 Å². The first-order valence-corrected chi connectivity index (χ1v) is 6.05. The summed E-state index contributed by atoms with van der Waals surface area (Å²) < 4.78 is 0. The molecule has 0 heterocycles. The van der Waals surface area contributed by atoms with E-state index in [1.54, 1.807) is 30.3 Å². The summed E-state index contributed by atoms with van der Waals surface area (Å²) in [7, 11) is 0. The Morgan fingerprint density at radius 3 is 2.47 bits per heavy atom. The Labute approximate surface area is 115 Å². The number of phenols is 1. The normalized spacial score (nSPS) is 10.2. The highest BCUT2D eigenvalue weighted by molar-refractivity contribution is 6.34. The van der Waals surface area contributed by atoms with E-state index < -0.39 is 5.91 Å². The van der Waals surface area contributed by atoms with Crippen LogP contribution in [0, 0.1) is 0 Å². The number of primary amides is 1. The Morgan fingerprint density at radius 2 is 1.89 bits per heavy atom. The van der Waals surface area contributed by atoms with Crippen LogP contribution in [0.5, 0.6) is 5.75 Å². The summed E-state index contributed by atoms with van der Waals surface area (Å²) in [4.78, 5) is 11.0. The van der Waals surface area contributed by atoms with Gasteiger partial charge in [-0.05, 0) is 35.9 Å². The van der Waals surface area contributed by atoms with Gasteiger partial charge < -0.3 is 16.2 Å². The molecular formula is C14H13ClN2O2. The second-order valence-electron chi connectivity index (χ2n) is 4.08. The van der Waals surface area contributed by atoms with Crippen molar-refractivity contribution in [1.29, 1.82) is 0 Å². The number of halogens is 1. The molecule has 2 rings (SSSR count). The summed E-state index contributed by atoms with van der Waals surface area (Å²) in [6, 6.07) is 11.9. The van der Waals surface area contributed by atoms with Gasteiger partial charge in [-0.3, -0.25) is 4.79 Å². The fourth-order valence-corrected chi connectivity index (χ4v) is 1.92. The van der Waals surface area contributed by atoms with E-state index in [9.17, 15) is 9.90 Å². The number of amides is 1. The Kier molecular flexibility index (Phi) is 3.92. The first-order chi connectivity index (χ1) is 9.06. The highest BCUT2D eigenvalue weighted by Crippen LogP contribution is 2.21. The van der Waals surface area contributed by atoms with Crippen LogP contribution in [0.1, 0.15) is 15.9 Å². The topological polar surface area (TPSA) is 75.4 Å². The minimum absolute atomic E-state index is 0.234. The molecule has 0 saturated heterocycles. The summed E-state index contributed by atoms with van der Waals surface area (Å²) in [6.07, 6.45) is 0. The smallest absolute Gasteiger partial charge is 0.250 e. The predicted octanol–water partition coefficient (Wildman–Crippen LogP) is 2.76. The Hall–Kier alpha value is -2.20. The lowest BCUT2D eigenvalue weighted by Crippen LogP contribution is -2.11. The monoisotopic (exact) mass is 276 g/mol. The van der Waals surface area contributed by atoms with Crippen LogP contribution >= 0.6 is 11.6 Å². The number of rotatable bonds is 4. The number of carbonyl (C=O) groups is 1. The van der Waals surface area contributed by atoms with Crippen LogP contribution in [-0.4, -0.2) is 11.0 Å². The van der Waals surface area contributed by atoms with Gasteiger partial charge in [0.1, 0.15) is 5.75 Å². The van der Waals surface area contributed by atoms with Crippen molar-refractivity contribution in [2.45, 2.75) is 6.54 Å². The van der Waals surface area contributed by atoms with Crippen molar-refractivity contribution in [3.05, 3.63) is 58.6 Å². The molecule has 0 spiro atoms. The van der Waals surface area contributed by atoms with E-state index in [2.05, 4.69) is 5.32 Å². The SMILES string of the molecule is NC(=O)c1ccc(NCc2ccc(O)cc2)cc1Cl. The molecule has 0 atom stereocenters. The first-order valence-electron chi connectivity index (χ1n) is 5.67. The average Bonchev–Trinajstić information content (AvgIpc) is 2.37. The van der Waals surface area contributed by atoms with Gasteiger partial charge in [-0.15, -0.1) is 0 Å². The second-order valence-corrected chi connectivity index (χ2v) is 4.49. The van der Waals surface area contributed by atoms with Gasteiger partial charge in [-0.1, -0.05) is 23.7 Å². The number of anilines is 1. The highest BCUT2D eigenvalue weighted by Gasteiger charge is 2.06. The summed E-state index contributed by atoms with van der Waals surface area (Å²) in [6.45, 7) is 0.590. The molecule has 2 aromatic rings. The molecule has 0 aliphatic carbocycles. The van der Waals surface area contributed by atoms with Crippen molar-refractivity contribution in [2.75, 3.05) is 5.32 Å². The fraction of sp³-hybridized carbons (Fsp3) is 0.0714. The van der Waals surface area contributed by atoms with E-state index >= 15 is 0 Å². The molecule has 0 aliphatic heterocycles. The number of hydrogen-bond donors (Lipinski definition) is 3. The quantitative estimate of drug-likeness (QED) is 0.804. The third-order valence-electron chi connectivity index (χ3n) is 2.67. The van der Waals surface area contributed by atoms with Crippen molar-refractivity contribution in [3.8, 4) is 5.75 Å². The maximum atomic E-state index is 11.0. The van der Waals surface area contributed by atoms with Gasteiger partial charge in [0.2, 0.25) is 5.91 Å². The van der Waals surface area contributed by atoms with Crippen molar-refractivity contribution >= 4 is 23.2 Å². The van der Waals surface area contributed by atoms with Crippen LogP contribution in [0.3, 0.4) is 0 Å². The fourth-order valence-electron chi connectivity index (χ4n) is 1.64. The molecule has 0 aliphatic rings. The number of carbonyl (C=O) groups excluding carboxylic acids is 1. The Bertz CT molecular complexity index is 597. The molecule has 2 aromatic carbocycles. The summed E-state index contributed by atoms with van der Waals surface area (Å²) in [5, 5.41) is 12.7. The van der Waals surface area contributed by atoms with Crippen LogP contribution in [0.4, 0.5) is 5.69 Å². The Balaban J connectivity index is 2.06. The highest BCUT2D eigenvalue weighted by atomic mass is 35.5. The van der Waals surface area contributed by atoms with Crippen molar-refractivity contribution in [2.24, 2.45) is 5.73 Å². The minimum atomic E-state index is -0.546. The van der Waals surface area contributed by atoms with Gasteiger partial charge in [-0.2, -0.15) is 0 Å². The standard InChI is InChI=1S/C14H13ClN2O2/c15-13-7-10(3-6-12(13)14(16)19)17-8-9-1-4-11(18)5-2-9/h1-7,17-18H,8H2,(H2,16,19). The number of benzene rings is 2. The molecular weight excluding hydrogens is 264 g/mol. The first kappa shape index (κ1) is 13.2. The van der Waals surface area contributed by atoms with Gasteiger partial charge in [0.15, 0.2) is 0 Å². The molecule has 5 heteroatoms. The van der Waals surface area contributed by atoms with E-state index in [0.29, 0.717) is 17.1 Å². The predicted molar refractivity (Wildman–Crippen MR) is 75.4 cm³/mol. The van der Waals surface area contributed by atoms with Crippen molar-refractivity contribution < 1.29 is 9.90 Å². The van der Waals surface area contributed by atoms with Crippen molar-refractivity contribution in [3.63, 3.8) is 0 Å². The third kappa shape index (κ3) is 3.39. The number of nitrogens with two attached hydrogens (primary N) is 1. The molecule has 0 saturated carbocycles. The van der Waals surface area contributed by atoms with Crippen molar-refractivity contribution in [1.82, 2.24) is 0 Å². The van der Waals surface area contributed by atoms with Crippen LogP contribution in [0.25, 0.3) is 0 Å². The minimum Gasteiger partial charge on any atom is -0.508 e. The molecule has 0 fully saturated rings. The van der Waals surface area contributed by atoms with Gasteiger partial charge in [0, 0.05) is 12.2 Å². The average molecular weight is 277 g/mol. The van der Waals surface area contributed by atoms with E-state index in [0.717, 1.165) is 11.3 Å². The van der Waals surface area contributed by atoms with Crippen LogP contribution in [0.2, 0.25) is 5.02 Å². The largest absolute Gasteiger partial charge is 0.508 e. The lowest BCUT2D eigenvalue weighted by molar-refractivity contribution is 0.100. The van der Waals surface area contributed by atoms with Gasteiger partial charge >= 0.3 is 0 Å². The molecule has 0 bridgehead atoms. The molecule has 19 heavy (non-hydrogen) atoms. The number of phenolic OH excluding ortho intramolecular Hbond substituents is 1. The Morgan fingerprint density at radius 1 is 1.21 bits per heavy atom. The number of hydrogen-bond acceptors (Lipinski definition) is 3. The van der Waals surface area contributed by atoms with Gasteiger partial charge in [0.05, 0.1) is 10.6 Å². The zero-order chi connectivity index (χ0) is 13.8. The number of nitrogens with one attached hydrogen (secondary N) is 1. The summed E-state index contributed by atoms with van der Waals surface area (Å²) in [5.74, 6) is -0.312. The lowest BCUT2D eigenvalue weighted by atomic mass is 10.2. The number of aromatic hydroxyl groups is 1. The zero-order valence-corrected chi connectivity index (χ0v) is 10.8. The maximum absolute atomic E-state index is 11.0. The molecule has 0 unspecified atom stereocenters. The van der Waals surface area contributed by atoms with Gasteiger partial charge in [-0.25, -0.2) is 0 Å². The van der Waals surface area contributed by atoms with Crippen LogP contribution in [0.15, 0.2) is 42.5 Å². The van der Waals surface area contributed by atoms with E-state index in [1.165, 1.54) is 0 Å². The lowest BCUT2D eigenvalue weighted by Gasteiger charge is -2.08. The summed E-state index contributed by atoms with van der Waals surface area (Å²) >= 11 is 5.95. The van der Waals surface area contributed by atoms with Crippen LogP contribution in [-0.2, 0) is 6.54 Å². The molecule has 0 aromatic heterocycles.